The van der Waals surface area contributed by atoms with Crippen molar-refractivity contribution in [1.29, 1.82) is 0 Å². The Morgan fingerprint density at radius 2 is 2.00 bits per heavy atom. The van der Waals surface area contributed by atoms with Crippen LogP contribution in [0.4, 0.5) is 0 Å². The average Bonchev–Trinajstić information content (AvgIpc) is 3.49. The Morgan fingerprint density at radius 1 is 1.19 bits per heavy atom. The molecule has 0 unspecified atom stereocenters. The van der Waals surface area contributed by atoms with Crippen LogP contribution in [0.2, 0.25) is 0 Å². The van der Waals surface area contributed by atoms with Crippen LogP contribution >= 0.6 is 0 Å². The Balaban J connectivity index is 1.45. The first-order valence-corrected chi connectivity index (χ1v) is 10.8. The van der Waals surface area contributed by atoms with Crippen molar-refractivity contribution in [2.75, 3.05) is 19.7 Å². The van der Waals surface area contributed by atoms with E-state index in [1.807, 2.05) is 42.5 Å². The van der Waals surface area contributed by atoms with Crippen LogP contribution in [-0.4, -0.2) is 56.8 Å². The summed E-state index contributed by atoms with van der Waals surface area (Å²) in [7, 11) is 0. The van der Waals surface area contributed by atoms with Gasteiger partial charge in [0.05, 0.1) is 12.1 Å². The molecule has 1 amide bonds. The average molecular weight is 433 g/mol. The van der Waals surface area contributed by atoms with Crippen LogP contribution < -0.4 is 10.1 Å². The van der Waals surface area contributed by atoms with E-state index in [-0.39, 0.29) is 18.0 Å². The number of rotatable bonds is 10. The molecule has 8 heteroatoms. The largest absolute Gasteiger partial charge is 0.489 e. The smallest absolute Gasteiger partial charge is 0.237 e. The third-order valence-electron chi connectivity index (χ3n) is 5.68. The molecule has 3 aromatic rings. The highest BCUT2D eigenvalue weighted by Gasteiger charge is 2.38. The molecular formula is C24H28N6O2. The third kappa shape index (κ3) is 5.39. The molecule has 4 rings (SSSR count). The predicted octanol–water partition coefficient (Wildman–Crippen LogP) is 2.41. The van der Waals surface area contributed by atoms with Crippen molar-refractivity contribution in [3.8, 4) is 5.75 Å². The van der Waals surface area contributed by atoms with Gasteiger partial charge in [-0.3, -0.25) is 9.69 Å². The van der Waals surface area contributed by atoms with Gasteiger partial charge in [0.15, 0.2) is 0 Å². The number of aromatic nitrogens is 4. The number of carbonyl (C=O) groups excluding carboxylic acids is 1. The van der Waals surface area contributed by atoms with E-state index in [2.05, 4.69) is 44.5 Å². The molecule has 0 saturated carbocycles. The highest BCUT2D eigenvalue weighted by molar-refractivity contribution is 5.82. The van der Waals surface area contributed by atoms with Crippen molar-refractivity contribution in [1.82, 2.24) is 30.4 Å². The molecule has 1 aromatic heterocycles. The Morgan fingerprint density at radius 3 is 2.78 bits per heavy atom. The number of hydrogen-bond acceptors (Lipinski definition) is 6. The van der Waals surface area contributed by atoms with E-state index < -0.39 is 0 Å². The maximum atomic E-state index is 13.2. The number of hydrogen-bond donors (Lipinski definition) is 1. The van der Waals surface area contributed by atoms with E-state index in [1.54, 1.807) is 17.1 Å². The second-order valence-electron chi connectivity index (χ2n) is 7.86. The fraction of sp³-hybridized carbons (Fsp3) is 0.333. The highest BCUT2D eigenvalue weighted by atomic mass is 16.5. The van der Waals surface area contributed by atoms with Gasteiger partial charge in [0.1, 0.15) is 18.7 Å². The molecule has 1 saturated heterocycles. The highest BCUT2D eigenvalue weighted by Crippen LogP contribution is 2.30. The summed E-state index contributed by atoms with van der Waals surface area (Å²) in [6, 6.07) is 17.8. The molecule has 0 radical (unpaired) electrons. The SMILES string of the molecule is C=CCOc1ccccc1CN1C[C@H](n2cnnn2)C[C@H]1C(=O)NCCc1ccccc1. The molecule has 1 N–H and O–H groups in total. The molecule has 8 nitrogen and oxygen atoms in total. The number of nitrogens with zero attached hydrogens (tertiary/aromatic N) is 5. The maximum Gasteiger partial charge on any atom is 0.237 e. The quantitative estimate of drug-likeness (QED) is 0.495. The molecule has 1 aliphatic rings. The van der Waals surface area contributed by atoms with Crippen LogP contribution in [0.25, 0.3) is 0 Å². The number of benzene rings is 2. The minimum absolute atomic E-state index is 0.0287. The lowest BCUT2D eigenvalue weighted by Crippen LogP contribution is -2.43. The zero-order chi connectivity index (χ0) is 22.2. The van der Waals surface area contributed by atoms with Gasteiger partial charge in [0, 0.05) is 25.2 Å². The molecule has 2 heterocycles. The van der Waals surface area contributed by atoms with Gasteiger partial charge >= 0.3 is 0 Å². The third-order valence-corrected chi connectivity index (χ3v) is 5.68. The first-order valence-electron chi connectivity index (χ1n) is 10.8. The fourth-order valence-corrected chi connectivity index (χ4v) is 4.09. The van der Waals surface area contributed by atoms with E-state index >= 15 is 0 Å². The summed E-state index contributed by atoms with van der Waals surface area (Å²) in [6.45, 7) is 6.04. The number of ether oxygens (including phenoxy) is 1. The molecule has 32 heavy (non-hydrogen) atoms. The second-order valence-corrected chi connectivity index (χ2v) is 7.86. The van der Waals surface area contributed by atoms with E-state index in [9.17, 15) is 4.79 Å². The molecule has 0 bridgehead atoms. The van der Waals surface area contributed by atoms with Crippen LogP contribution in [0, 0.1) is 0 Å². The number of amides is 1. The number of likely N-dealkylation sites (tertiary alicyclic amines) is 1. The Labute approximate surface area is 187 Å². The van der Waals surface area contributed by atoms with E-state index in [4.69, 9.17) is 4.74 Å². The maximum absolute atomic E-state index is 13.2. The summed E-state index contributed by atoms with van der Waals surface area (Å²) in [6.07, 6.45) is 4.79. The minimum Gasteiger partial charge on any atom is -0.489 e. The number of nitrogens with one attached hydrogen (secondary N) is 1. The zero-order valence-electron chi connectivity index (χ0n) is 18.0. The monoisotopic (exact) mass is 432 g/mol. The van der Waals surface area contributed by atoms with Gasteiger partial charge in [-0.1, -0.05) is 61.2 Å². The van der Waals surface area contributed by atoms with Crippen LogP contribution in [0.5, 0.6) is 5.75 Å². The van der Waals surface area contributed by atoms with E-state index in [1.165, 1.54) is 5.56 Å². The molecule has 2 aromatic carbocycles. The van der Waals surface area contributed by atoms with Gasteiger partial charge in [-0.25, -0.2) is 4.68 Å². The molecule has 1 aliphatic heterocycles. The van der Waals surface area contributed by atoms with Crippen LogP contribution in [0.15, 0.2) is 73.6 Å². The van der Waals surface area contributed by atoms with Crippen LogP contribution in [-0.2, 0) is 17.8 Å². The standard InChI is InChI=1S/C24H28N6O2/c1-2-14-32-23-11-7-6-10-20(23)16-29-17-21(30-18-26-27-28-30)15-22(29)24(31)25-13-12-19-8-4-3-5-9-19/h2-11,18,21-22H,1,12-17H2,(H,25,31)/t21-,22+/m1/s1. The van der Waals surface area contributed by atoms with Gasteiger partial charge in [-0.2, -0.15) is 0 Å². The topological polar surface area (TPSA) is 85.2 Å². The minimum atomic E-state index is -0.271. The van der Waals surface area contributed by atoms with E-state index in [0.29, 0.717) is 32.7 Å². The van der Waals surface area contributed by atoms with Crippen molar-refractivity contribution in [3.05, 3.63) is 84.7 Å². The molecule has 1 fully saturated rings. The summed E-state index contributed by atoms with van der Waals surface area (Å²) in [4.78, 5) is 15.3. The summed E-state index contributed by atoms with van der Waals surface area (Å²) in [5, 5.41) is 14.7. The normalized spacial score (nSPS) is 18.4. The molecular weight excluding hydrogens is 404 g/mol. The Kier molecular flexibility index (Phi) is 7.24. The van der Waals surface area contributed by atoms with Gasteiger partial charge in [0.2, 0.25) is 5.91 Å². The molecule has 0 aliphatic carbocycles. The predicted molar refractivity (Wildman–Crippen MR) is 121 cm³/mol. The summed E-state index contributed by atoms with van der Waals surface area (Å²) >= 11 is 0. The van der Waals surface area contributed by atoms with Crippen molar-refractivity contribution < 1.29 is 9.53 Å². The Hall–Kier alpha value is -3.52. The van der Waals surface area contributed by atoms with Crippen molar-refractivity contribution >= 4 is 5.91 Å². The fourth-order valence-electron chi connectivity index (χ4n) is 4.09. The van der Waals surface area contributed by atoms with Gasteiger partial charge in [0.25, 0.3) is 0 Å². The zero-order valence-corrected chi connectivity index (χ0v) is 18.0. The first-order chi connectivity index (χ1) is 15.7. The van der Waals surface area contributed by atoms with Crippen LogP contribution in [0.3, 0.4) is 0 Å². The summed E-state index contributed by atoms with van der Waals surface area (Å²) in [5.74, 6) is 0.836. The lowest BCUT2D eigenvalue weighted by Gasteiger charge is -2.24. The lowest BCUT2D eigenvalue weighted by atomic mass is 10.1. The lowest BCUT2D eigenvalue weighted by molar-refractivity contribution is -0.125. The van der Waals surface area contributed by atoms with Crippen molar-refractivity contribution in [3.63, 3.8) is 0 Å². The first kappa shape index (κ1) is 21.7. The summed E-state index contributed by atoms with van der Waals surface area (Å²) in [5.41, 5.74) is 2.24. The summed E-state index contributed by atoms with van der Waals surface area (Å²) < 4.78 is 7.56. The Bertz CT molecular complexity index is 1010. The van der Waals surface area contributed by atoms with Crippen molar-refractivity contribution in [2.24, 2.45) is 0 Å². The van der Waals surface area contributed by atoms with Crippen LogP contribution in [0.1, 0.15) is 23.6 Å². The second kappa shape index (κ2) is 10.7. The number of tetrazole rings is 1. The van der Waals surface area contributed by atoms with E-state index in [0.717, 1.165) is 17.7 Å². The van der Waals surface area contributed by atoms with Gasteiger partial charge in [-0.05, 0) is 34.9 Å². The number of carbonyl (C=O) groups is 1. The molecule has 2 atom stereocenters. The van der Waals surface area contributed by atoms with Gasteiger partial charge in [-0.15, -0.1) is 5.10 Å². The number of para-hydroxylation sites is 1. The molecule has 166 valence electrons. The van der Waals surface area contributed by atoms with Gasteiger partial charge < -0.3 is 10.1 Å². The van der Waals surface area contributed by atoms with Crippen molar-refractivity contribution in [2.45, 2.75) is 31.5 Å². The molecule has 0 spiro atoms.